The molecule has 0 spiro atoms. The molecule has 1 aromatic carbocycles. The van der Waals surface area contributed by atoms with E-state index in [9.17, 15) is 14.9 Å². The largest absolute Gasteiger partial charge is 0.465 e. The number of hydrogen-bond donors (Lipinski definition) is 0. The molecule has 0 fully saturated rings. The third kappa shape index (κ3) is 2.99. The van der Waals surface area contributed by atoms with E-state index in [1.54, 1.807) is 20.0 Å². The number of benzene rings is 1. The van der Waals surface area contributed by atoms with Crippen molar-refractivity contribution in [2.24, 2.45) is 7.05 Å². The van der Waals surface area contributed by atoms with Crippen LogP contribution < -0.4 is 4.74 Å². The van der Waals surface area contributed by atoms with Crippen molar-refractivity contribution in [3.63, 3.8) is 0 Å². The summed E-state index contributed by atoms with van der Waals surface area (Å²) in [6.07, 6.45) is 0. The lowest BCUT2D eigenvalue weighted by molar-refractivity contribution is -0.385. The number of hydrogen-bond acceptors (Lipinski definition) is 6. The number of nitrogens with zero attached hydrogens (tertiary/aromatic N) is 3. The predicted molar refractivity (Wildman–Crippen MR) is 72.5 cm³/mol. The summed E-state index contributed by atoms with van der Waals surface area (Å²) in [5.74, 6) is -0.320. The fraction of sp³-hybridized carbons (Fsp3) is 0.231. The molecule has 2 rings (SSSR count). The van der Waals surface area contributed by atoms with Gasteiger partial charge < -0.3 is 9.47 Å². The summed E-state index contributed by atoms with van der Waals surface area (Å²) in [7, 11) is 2.88. The normalized spacial score (nSPS) is 10.2. The SMILES string of the molecule is COC(=O)c1ccc([N+](=O)[O-])c(Oc2cc(C)nn2C)c1. The minimum atomic E-state index is -0.601. The van der Waals surface area contributed by atoms with Gasteiger partial charge in [0.25, 0.3) is 0 Å². The molecule has 0 amide bonds. The van der Waals surface area contributed by atoms with Gasteiger partial charge in [0.1, 0.15) is 0 Å². The molecule has 0 aliphatic rings. The molecule has 0 atom stereocenters. The van der Waals surface area contributed by atoms with Gasteiger partial charge in [0.05, 0.1) is 23.3 Å². The van der Waals surface area contributed by atoms with Crippen LogP contribution in [0, 0.1) is 17.0 Å². The Morgan fingerprint density at radius 2 is 2.10 bits per heavy atom. The fourth-order valence-corrected chi connectivity index (χ4v) is 1.79. The highest BCUT2D eigenvalue weighted by molar-refractivity contribution is 5.90. The van der Waals surface area contributed by atoms with Gasteiger partial charge in [-0.25, -0.2) is 9.48 Å². The second kappa shape index (κ2) is 5.61. The number of rotatable bonds is 4. The van der Waals surface area contributed by atoms with Crippen LogP contribution in [-0.4, -0.2) is 27.8 Å². The highest BCUT2D eigenvalue weighted by Crippen LogP contribution is 2.32. The van der Waals surface area contributed by atoms with Crippen LogP contribution in [0.15, 0.2) is 24.3 Å². The smallest absolute Gasteiger partial charge is 0.337 e. The number of aryl methyl sites for hydroxylation is 2. The molecule has 0 saturated carbocycles. The average Bonchev–Trinajstić information content (AvgIpc) is 2.75. The summed E-state index contributed by atoms with van der Waals surface area (Å²) >= 11 is 0. The number of ether oxygens (including phenoxy) is 2. The summed E-state index contributed by atoms with van der Waals surface area (Å²) in [4.78, 5) is 22.0. The highest BCUT2D eigenvalue weighted by atomic mass is 16.6. The Morgan fingerprint density at radius 1 is 1.38 bits per heavy atom. The summed E-state index contributed by atoms with van der Waals surface area (Å²) < 4.78 is 11.5. The highest BCUT2D eigenvalue weighted by Gasteiger charge is 2.20. The van der Waals surface area contributed by atoms with Crippen LogP contribution in [-0.2, 0) is 11.8 Å². The van der Waals surface area contributed by atoms with Gasteiger partial charge in [-0.15, -0.1) is 0 Å². The first-order chi connectivity index (χ1) is 9.92. The standard InChI is InChI=1S/C13H13N3O5/c1-8-6-12(15(2)14-8)21-11-7-9(13(17)20-3)4-5-10(11)16(18)19/h4-7H,1-3H3. The van der Waals surface area contributed by atoms with Gasteiger partial charge >= 0.3 is 11.7 Å². The Morgan fingerprint density at radius 3 is 2.62 bits per heavy atom. The Bertz CT molecular complexity index is 708. The van der Waals surface area contributed by atoms with Gasteiger partial charge in [0, 0.05) is 25.2 Å². The molecule has 21 heavy (non-hydrogen) atoms. The predicted octanol–water partition coefficient (Wildman–Crippen LogP) is 2.22. The molecule has 8 nitrogen and oxygen atoms in total. The number of carbonyl (C=O) groups excluding carboxylic acids is 1. The Kier molecular flexibility index (Phi) is 3.88. The van der Waals surface area contributed by atoms with Crippen molar-refractivity contribution in [2.45, 2.75) is 6.92 Å². The first kappa shape index (κ1) is 14.5. The molecule has 0 N–H and O–H groups in total. The van der Waals surface area contributed by atoms with E-state index in [1.165, 1.54) is 30.0 Å². The monoisotopic (exact) mass is 291 g/mol. The van der Waals surface area contributed by atoms with E-state index < -0.39 is 10.9 Å². The minimum Gasteiger partial charge on any atom is -0.465 e. The van der Waals surface area contributed by atoms with Gasteiger partial charge in [-0.2, -0.15) is 5.10 Å². The van der Waals surface area contributed by atoms with Gasteiger partial charge in [-0.3, -0.25) is 10.1 Å². The molecule has 2 aromatic rings. The zero-order valence-electron chi connectivity index (χ0n) is 11.7. The first-order valence-corrected chi connectivity index (χ1v) is 5.97. The lowest BCUT2D eigenvalue weighted by Crippen LogP contribution is -2.03. The minimum absolute atomic E-state index is 0.0501. The van der Waals surface area contributed by atoms with Crippen molar-refractivity contribution in [1.82, 2.24) is 9.78 Å². The van der Waals surface area contributed by atoms with Crippen LogP contribution in [0.4, 0.5) is 5.69 Å². The quantitative estimate of drug-likeness (QED) is 0.486. The second-order valence-corrected chi connectivity index (χ2v) is 4.28. The zero-order valence-corrected chi connectivity index (χ0v) is 11.7. The molecule has 0 aliphatic heterocycles. The van der Waals surface area contributed by atoms with Crippen LogP contribution in [0.1, 0.15) is 16.1 Å². The van der Waals surface area contributed by atoms with E-state index in [2.05, 4.69) is 9.84 Å². The molecule has 0 radical (unpaired) electrons. The van der Waals surface area contributed by atoms with Gasteiger partial charge in [0.2, 0.25) is 11.6 Å². The molecule has 0 bridgehead atoms. The molecule has 0 aliphatic carbocycles. The van der Waals surface area contributed by atoms with Gasteiger partial charge in [0.15, 0.2) is 0 Å². The van der Waals surface area contributed by atoms with E-state index >= 15 is 0 Å². The fourth-order valence-electron chi connectivity index (χ4n) is 1.79. The van der Waals surface area contributed by atoms with Crippen molar-refractivity contribution < 1.29 is 19.2 Å². The third-order valence-electron chi connectivity index (χ3n) is 2.75. The first-order valence-electron chi connectivity index (χ1n) is 5.97. The van der Waals surface area contributed by atoms with Crippen molar-refractivity contribution >= 4 is 11.7 Å². The van der Waals surface area contributed by atoms with E-state index in [1.807, 2.05) is 0 Å². The summed E-state index contributed by atoms with van der Waals surface area (Å²) in [5, 5.41) is 15.1. The van der Waals surface area contributed by atoms with Crippen molar-refractivity contribution in [3.05, 3.63) is 45.6 Å². The van der Waals surface area contributed by atoms with E-state index in [0.717, 1.165) is 0 Å². The summed E-state index contributed by atoms with van der Waals surface area (Å²) in [6, 6.07) is 5.41. The molecular weight excluding hydrogens is 278 g/mol. The zero-order chi connectivity index (χ0) is 15.6. The average molecular weight is 291 g/mol. The topological polar surface area (TPSA) is 96.5 Å². The molecule has 0 saturated heterocycles. The van der Waals surface area contributed by atoms with Crippen molar-refractivity contribution in [2.75, 3.05) is 7.11 Å². The Labute approximate surface area is 120 Å². The van der Waals surface area contributed by atoms with E-state index in [4.69, 9.17) is 4.74 Å². The maximum absolute atomic E-state index is 11.5. The van der Waals surface area contributed by atoms with Crippen LogP contribution in [0.3, 0.4) is 0 Å². The van der Waals surface area contributed by atoms with Crippen LogP contribution in [0.5, 0.6) is 11.6 Å². The third-order valence-corrected chi connectivity index (χ3v) is 2.75. The molecule has 1 aromatic heterocycles. The number of aromatic nitrogens is 2. The number of nitro benzene ring substituents is 1. The number of esters is 1. The number of carbonyl (C=O) groups is 1. The lowest BCUT2D eigenvalue weighted by atomic mass is 10.2. The summed E-state index contributed by atoms with van der Waals surface area (Å²) in [5.41, 5.74) is 0.623. The summed E-state index contributed by atoms with van der Waals surface area (Å²) in [6.45, 7) is 1.77. The Hall–Kier alpha value is -2.90. The van der Waals surface area contributed by atoms with Gasteiger partial charge in [-0.1, -0.05) is 0 Å². The maximum atomic E-state index is 11.5. The lowest BCUT2D eigenvalue weighted by Gasteiger charge is -2.07. The van der Waals surface area contributed by atoms with E-state index in [0.29, 0.717) is 11.6 Å². The van der Waals surface area contributed by atoms with Gasteiger partial charge in [-0.05, 0) is 13.0 Å². The molecule has 110 valence electrons. The van der Waals surface area contributed by atoms with Crippen LogP contribution >= 0.6 is 0 Å². The van der Waals surface area contributed by atoms with Crippen LogP contribution in [0.25, 0.3) is 0 Å². The molecular formula is C13H13N3O5. The number of nitro groups is 1. The molecule has 0 unspecified atom stereocenters. The van der Waals surface area contributed by atoms with E-state index in [-0.39, 0.29) is 17.0 Å². The number of methoxy groups -OCH3 is 1. The van der Waals surface area contributed by atoms with Crippen molar-refractivity contribution in [1.29, 1.82) is 0 Å². The molecule has 1 heterocycles. The Balaban J connectivity index is 2.46. The maximum Gasteiger partial charge on any atom is 0.337 e. The molecule has 8 heteroatoms. The second-order valence-electron chi connectivity index (χ2n) is 4.28. The van der Waals surface area contributed by atoms with Crippen molar-refractivity contribution in [3.8, 4) is 11.6 Å². The van der Waals surface area contributed by atoms with Crippen LogP contribution in [0.2, 0.25) is 0 Å².